The number of benzene rings is 1. The Labute approximate surface area is 82.8 Å². The molecule has 0 saturated carbocycles. The number of hydrogen-bond acceptors (Lipinski definition) is 4. The minimum atomic E-state index is -0.157. The van der Waals surface area contributed by atoms with Gasteiger partial charge in [-0.3, -0.25) is 4.79 Å². The van der Waals surface area contributed by atoms with Crippen LogP contribution in [-0.4, -0.2) is 23.3 Å². The Morgan fingerprint density at radius 1 is 1.21 bits per heavy atom. The number of phenolic OH excluding ortho intramolecular Hbond substituents is 2. The molecule has 0 aliphatic rings. The third-order valence-electron chi connectivity index (χ3n) is 1.37. The summed E-state index contributed by atoms with van der Waals surface area (Å²) in [6.07, 6.45) is 0.469. The summed E-state index contributed by atoms with van der Waals surface area (Å²) in [6, 6.07) is 5.70. The molecule has 0 aromatic heterocycles. The standard InChI is InChI=1S/C6H6O2.C4H8O2/c7-5-1-2-6(8)4-3-5;1-3-4(5)6-2/h1-4,7-8H;3H2,1-2H3. The van der Waals surface area contributed by atoms with Crippen LogP contribution in [0.1, 0.15) is 13.3 Å². The first-order valence-electron chi connectivity index (χ1n) is 4.15. The van der Waals surface area contributed by atoms with Gasteiger partial charge in [-0.25, -0.2) is 0 Å². The second kappa shape index (κ2) is 6.77. The predicted molar refractivity (Wildman–Crippen MR) is 52.1 cm³/mol. The summed E-state index contributed by atoms with van der Waals surface area (Å²) in [7, 11) is 1.38. The molecule has 0 unspecified atom stereocenters. The van der Waals surface area contributed by atoms with Crippen molar-refractivity contribution >= 4 is 5.97 Å². The molecule has 0 saturated heterocycles. The Hall–Kier alpha value is -1.71. The van der Waals surface area contributed by atoms with E-state index in [4.69, 9.17) is 10.2 Å². The zero-order valence-corrected chi connectivity index (χ0v) is 8.23. The second-order valence-electron chi connectivity index (χ2n) is 2.45. The maximum atomic E-state index is 9.96. The van der Waals surface area contributed by atoms with Gasteiger partial charge in [0.2, 0.25) is 0 Å². The fourth-order valence-electron chi connectivity index (χ4n) is 0.597. The Bertz CT molecular complexity index is 239. The number of methoxy groups -OCH3 is 1. The zero-order valence-electron chi connectivity index (χ0n) is 8.23. The summed E-state index contributed by atoms with van der Waals surface area (Å²) >= 11 is 0. The first-order valence-corrected chi connectivity index (χ1v) is 4.15. The lowest BCUT2D eigenvalue weighted by molar-refractivity contribution is -0.140. The average molecular weight is 198 g/mol. The quantitative estimate of drug-likeness (QED) is 0.532. The average Bonchev–Trinajstić information content (AvgIpc) is 2.22. The van der Waals surface area contributed by atoms with Crippen LogP contribution in [0, 0.1) is 0 Å². The molecule has 4 nitrogen and oxygen atoms in total. The molecule has 1 aromatic rings. The molecule has 0 spiro atoms. The van der Waals surface area contributed by atoms with E-state index in [2.05, 4.69) is 4.74 Å². The van der Waals surface area contributed by atoms with Gasteiger partial charge in [-0.05, 0) is 24.3 Å². The van der Waals surface area contributed by atoms with Crippen LogP contribution in [0.2, 0.25) is 0 Å². The Balaban J connectivity index is 0.000000255. The Kier molecular flexibility index (Phi) is 5.94. The van der Waals surface area contributed by atoms with Crippen molar-refractivity contribution in [3.8, 4) is 11.5 Å². The van der Waals surface area contributed by atoms with E-state index in [1.54, 1.807) is 6.92 Å². The number of aromatic hydroxyl groups is 2. The monoisotopic (exact) mass is 198 g/mol. The third-order valence-corrected chi connectivity index (χ3v) is 1.37. The lowest BCUT2D eigenvalue weighted by Crippen LogP contribution is -1.94. The lowest BCUT2D eigenvalue weighted by atomic mass is 10.3. The second-order valence-corrected chi connectivity index (χ2v) is 2.45. The van der Waals surface area contributed by atoms with Gasteiger partial charge in [0.25, 0.3) is 0 Å². The van der Waals surface area contributed by atoms with Gasteiger partial charge in [-0.1, -0.05) is 6.92 Å². The predicted octanol–water partition coefficient (Wildman–Crippen LogP) is 1.67. The molecule has 0 bridgehead atoms. The van der Waals surface area contributed by atoms with Gasteiger partial charge >= 0.3 is 5.97 Å². The molecule has 2 N–H and O–H groups in total. The Morgan fingerprint density at radius 3 is 1.71 bits per heavy atom. The summed E-state index contributed by atoms with van der Waals surface area (Å²) in [6.45, 7) is 1.76. The summed E-state index contributed by atoms with van der Waals surface area (Å²) in [4.78, 5) is 9.96. The smallest absolute Gasteiger partial charge is 0.305 e. The largest absolute Gasteiger partial charge is 0.508 e. The van der Waals surface area contributed by atoms with Crippen LogP contribution in [0.5, 0.6) is 11.5 Å². The van der Waals surface area contributed by atoms with Crippen molar-refractivity contribution in [2.75, 3.05) is 7.11 Å². The molecular weight excluding hydrogens is 184 g/mol. The molecule has 14 heavy (non-hydrogen) atoms. The number of hydrogen-bond donors (Lipinski definition) is 2. The van der Waals surface area contributed by atoms with Crippen molar-refractivity contribution in [2.24, 2.45) is 0 Å². The van der Waals surface area contributed by atoms with Crippen LogP contribution in [-0.2, 0) is 9.53 Å². The summed E-state index contributed by atoms with van der Waals surface area (Å²) < 4.78 is 4.26. The maximum absolute atomic E-state index is 9.96. The number of phenols is 2. The number of carbonyl (C=O) groups is 1. The van der Waals surface area contributed by atoms with E-state index in [0.29, 0.717) is 6.42 Å². The van der Waals surface area contributed by atoms with Crippen LogP contribution < -0.4 is 0 Å². The van der Waals surface area contributed by atoms with Gasteiger partial charge in [0.15, 0.2) is 0 Å². The molecule has 1 rings (SSSR count). The highest BCUT2D eigenvalue weighted by Gasteiger charge is 1.87. The molecule has 78 valence electrons. The van der Waals surface area contributed by atoms with Gasteiger partial charge < -0.3 is 14.9 Å². The number of esters is 1. The zero-order chi connectivity index (χ0) is 11.0. The van der Waals surface area contributed by atoms with Crippen LogP contribution in [0.25, 0.3) is 0 Å². The van der Waals surface area contributed by atoms with Crippen molar-refractivity contribution in [3.63, 3.8) is 0 Å². The van der Waals surface area contributed by atoms with Gasteiger partial charge in [0, 0.05) is 6.42 Å². The fourth-order valence-corrected chi connectivity index (χ4v) is 0.597. The summed E-state index contributed by atoms with van der Waals surface area (Å²) in [5.41, 5.74) is 0. The highest BCUT2D eigenvalue weighted by atomic mass is 16.5. The molecule has 0 aliphatic carbocycles. The molecule has 0 heterocycles. The van der Waals surface area contributed by atoms with E-state index in [1.165, 1.54) is 31.4 Å². The van der Waals surface area contributed by atoms with Crippen molar-refractivity contribution in [3.05, 3.63) is 24.3 Å². The number of carbonyl (C=O) groups excluding carboxylic acids is 1. The topological polar surface area (TPSA) is 66.8 Å². The minimum Gasteiger partial charge on any atom is -0.508 e. The van der Waals surface area contributed by atoms with Crippen molar-refractivity contribution in [2.45, 2.75) is 13.3 Å². The van der Waals surface area contributed by atoms with E-state index in [1.807, 2.05) is 0 Å². The SMILES string of the molecule is CCC(=O)OC.Oc1ccc(O)cc1. The van der Waals surface area contributed by atoms with E-state index < -0.39 is 0 Å². The Morgan fingerprint density at radius 2 is 1.57 bits per heavy atom. The van der Waals surface area contributed by atoms with E-state index >= 15 is 0 Å². The van der Waals surface area contributed by atoms with Gasteiger partial charge in [0.05, 0.1) is 7.11 Å². The van der Waals surface area contributed by atoms with Gasteiger partial charge in [-0.15, -0.1) is 0 Å². The molecule has 0 amide bonds. The van der Waals surface area contributed by atoms with E-state index in [-0.39, 0.29) is 17.5 Å². The van der Waals surface area contributed by atoms with Gasteiger partial charge in [-0.2, -0.15) is 0 Å². The molecule has 1 aromatic carbocycles. The fraction of sp³-hybridized carbons (Fsp3) is 0.300. The van der Waals surface area contributed by atoms with Crippen LogP contribution >= 0.6 is 0 Å². The molecule has 0 atom stereocenters. The van der Waals surface area contributed by atoms with Crippen molar-refractivity contribution in [1.29, 1.82) is 0 Å². The highest BCUT2D eigenvalue weighted by Crippen LogP contribution is 2.13. The first kappa shape index (κ1) is 12.3. The highest BCUT2D eigenvalue weighted by molar-refractivity contribution is 5.68. The van der Waals surface area contributed by atoms with E-state index in [0.717, 1.165) is 0 Å². The van der Waals surface area contributed by atoms with Crippen molar-refractivity contribution in [1.82, 2.24) is 0 Å². The summed E-state index contributed by atoms with van der Waals surface area (Å²) in [5.74, 6) is 0.181. The van der Waals surface area contributed by atoms with E-state index in [9.17, 15) is 4.79 Å². The van der Waals surface area contributed by atoms with Crippen LogP contribution in [0.15, 0.2) is 24.3 Å². The third kappa shape index (κ3) is 5.88. The first-order chi connectivity index (χ1) is 6.60. The van der Waals surface area contributed by atoms with Crippen LogP contribution in [0.3, 0.4) is 0 Å². The lowest BCUT2D eigenvalue weighted by Gasteiger charge is -1.88. The molecule has 0 fully saturated rings. The molecule has 4 heteroatoms. The van der Waals surface area contributed by atoms with Gasteiger partial charge in [0.1, 0.15) is 11.5 Å². The van der Waals surface area contributed by atoms with Crippen molar-refractivity contribution < 1.29 is 19.7 Å². The molecular formula is C10H14O4. The minimum absolute atomic E-state index is 0.157. The number of ether oxygens (including phenoxy) is 1. The molecule has 0 aliphatic heterocycles. The van der Waals surface area contributed by atoms with Crippen LogP contribution in [0.4, 0.5) is 0 Å². The molecule has 0 radical (unpaired) electrons. The number of rotatable bonds is 1. The normalized spacial score (nSPS) is 8.43. The summed E-state index contributed by atoms with van der Waals surface area (Å²) in [5, 5.41) is 17.3. The maximum Gasteiger partial charge on any atom is 0.305 e.